The van der Waals surface area contributed by atoms with Crippen LogP contribution >= 0.6 is 0 Å². The lowest BCUT2D eigenvalue weighted by molar-refractivity contribution is 0.0871. The van der Waals surface area contributed by atoms with Gasteiger partial charge in [0.25, 0.3) is 0 Å². The Morgan fingerprint density at radius 3 is 2.38 bits per heavy atom. The van der Waals surface area contributed by atoms with E-state index in [4.69, 9.17) is 0 Å². The van der Waals surface area contributed by atoms with E-state index in [9.17, 15) is 5.11 Å². The Balaban J connectivity index is 2.46. The molecule has 3 atom stereocenters. The van der Waals surface area contributed by atoms with Crippen LogP contribution in [0.2, 0.25) is 0 Å². The van der Waals surface area contributed by atoms with Gasteiger partial charge in [-0.3, -0.25) is 0 Å². The third kappa shape index (κ3) is 4.08. The molecule has 0 aromatic carbocycles. The molecule has 1 aliphatic carbocycles. The zero-order valence-corrected chi connectivity index (χ0v) is 11.6. The maximum absolute atomic E-state index is 10.1. The second kappa shape index (κ2) is 6.05. The maximum Gasteiger partial charge on any atom is 0.0568 e. The molecule has 16 heavy (non-hydrogen) atoms. The summed E-state index contributed by atoms with van der Waals surface area (Å²) in [5.74, 6) is 1.43. The smallest absolute Gasteiger partial charge is 0.0568 e. The van der Waals surface area contributed by atoms with Crippen LogP contribution in [0.15, 0.2) is 0 Å². The van der Waals surface area contributed by atoms with Gasteiger partial charge in [0.1, 0.15) is 0 Å². The highest BCUT2D eigenvalue weighted by molar-refractivity contribution is 4.81. The average molecular weight is 226 g/mol. The first-order valence-electron chi connectivity index (χ1n) is 7.13. The molecular weight excluding hydrogens is 196 g/mol. The van der Waals surface area contributed by atoms with Gasteiger partial charge in [-0.15, -0.1) is 0 Å². The third-order valence-electron chi connectivity index (χ3n) is 4.37. The van der Waals surface area contributed by atoms with Gasteiger partial charge in [-0.05, 0) is 49.4 Å². The molecule has 0 heterocycles. The van der Waals surface area contributed by atoms with E-state index < -0.39 is 0 Å². The Bertz CT molecular complexity index is 192. The van der Waals surface area contributed by atoms with Gasteiger partial charge in [-0.25, -0.2) is 0 Å². The van der Waals surface area contributed by atoms with Gasteiger partial charge < -0.3 is 5.11 Å². The summed E-state index contributed by atoms with van der Waals surface area (Å²) in [7, 11) is 0. The summed E-state index contributed by atoms with van der Waals surface area (Å²) in [6.07, 6.45) is 8.53. The van der Waals surface area contributed by atoms with Crippen molar-refractivity contribution < 1.29 is 5.11 Å². The minimum absolute atomic E-state index is 0.0382. The fourth-order valence-electron chi connectivity index (χ4n) is 3.11. The number of aliphatic hydroxyl groups excluding tert-OH is 1. The number of rotatable bonds is 3. The van der Waals surface area contributed by atoms with Crippen molar-refractivity contribution in [1.82, 2.24) is 0 Å². The molecule has 1 heteroatoms. The van der Waals surface area contributed by atoms with Crippen LogP contribution in [-0.2, 0) is 0 Å². The zero-order valence-electron chi connectivity index (χ0n) is 11.6. The lowest BCUT2D eigenvalue weighted by Gasteiger charge is -2.30. The Labute approximate surface area is 102 Å². The quantitative estimate of drug-likeness (QED) is 0.708. The van der Waals surface area contributed by atoms with Crippen LogP contribution in [0, 0.1) is 17.3 Å². The van der Waals surface area contributed by atoms with E-state index in [0.29, 0.717) is 11.3 Å². The van der Waals surface area contributed by atoms with E-state index in [0.717, 1.165) is 18.8 Å². The summed E-state index contributed by atoms with van der Waals surface area (Å²) < 4.78 is 0. The van der Waals surface area contributed by atoms with Gasteiger partial charge in [0.15, 0.2) is 0 Å². The Kier molecular flexibility index (Phi) is 5.30. The highest BCUT2D eigenvalue weighted by Crippen LogP contribution is 2.39. The standard InChI is InChI=1S/C15H30O/c1-5-7-14(16)12-8-6-9-13(11-10-12)15(2,3)4/h12-14,16H,5-11H2,1-4H3. The molecule has 1 N–H and O–H groups in total. The highest BCUT2D eigenvalue weighted by Gasteiger charge is 2.29. The summed E-state index contributed by atoms with van der Waals surface area (Å²) in [5, 5.41) is 10.1. The molecule has 3 unspecified atom stereocenters. The van der Waals surface area contributed by atoms with Crippen LogP contribution in [0.4, 0.5) is 0 Å². The predicted octanol–water partition coefficient (Wildman–Crippen LogP) is 4.39. The second-order valence-electron chi connectivity index (χ2n) is 6.69. The fourth-order valence-corrected chi connectivity index (χ4v) is 3.11. The number of hydrogen-bond donors (Lipinski definition) is 1. The van der Waals surface area contributed by atoms with E-state index in [-0.39, 0.29) is 6.10 Å². The SMILES string of the molecule is CCCC(O)C1CCCC(C(C)(C)C)CC1. The van der Waals surface area contributed by atoms with E-state index in [1.165, 1.54) is 32.1 Å². The van der Waals surface area contributed by atoms with Crippen molar-refractivity contribution in [2.24, 2.45) is 17.3 Å². The van der Waals surface area contributed by atoms with Crippen molar-refractivity contribution in [3.63, 3.8) is 0 Å². The Morgan fingerprint density at radius 2 is 1.81 bits per heavy atom. The molecule has 1 saturated carbocycles. The molecule has 0 bridgehead atoms. The van der Waals surface area contributed by atoms with Crippen LogP contribution in [0.5, 0.6) is 0 Å². The molecule has 1 fully saturated rings. The normalized spacial score (nSPS) is 29.8. The van der Waals surface area contributed by atoms with Gasteiger partial charge in [0.2, 0.25) is 0 Å². The van der Waals surface area contributed by atoms with E-state index in [1.807, 2.05) is 0 Å². The molecule has 0 amide bonds. The van der Waals surface area contributed by atoms with Crippen molar-refractivity contribution >= 4 is 0 Å². The maximum atomic E-state index is 10.1. The molecule has 0 aliphatic heterocycles. The molecule has 1 nitrogen and oxygen atoms in total. The highest BCUT2D eigenvalue weighted by atomic mass is 16.3. The largest absolute Gasteiger partial charge is 0.393 e. The summed E-state index contributed by atoms with van der Waals surface area (Å²) >= 11 is 0. The van der Waals surface area contributed by atoms with Gasteiger partial charge in [0.05, 0.1) is 6.10 Å². The van der Waals surface area contributed by atoms with Gasteiger partial charge in [-0.1, -0.05) is 40.5 Å². The molecule has 0 spiro atoms. The van der Waals surface area contributed by atoms with E-state index in [1.54, 1.807) is 0 Å². The van der Waals surface area contributed by atoms with Crippen LogP contribution < -0.4 is 0 Å². The second-order valence-corrected chi connectivity index (χ2v) is 6.69. The average Bonchev–Trinajstić information content (AvgIpc) is 2.41. The van der Waals surface area contributed by atoms with Crippen LogP contribution in [0.25, 0.3) is 0 Å². The summed E-state index contributed by atoms with van der Waals surface area (Å²) in [6.45, 7) is 9.25. The fraction of sp³-hybridized carbons (Fsp3) is 1.00. The van der Waals surface area contributed by atoms with Gasteiger partial charge in [-0.2, -0.15) is 0 Å². The zero-order chi connectivity index (χ0) is 12.2. The van der Waals surface area contributed by atoms with E-state index >= 15 is 0 Å². The Hall–Kier alpha value is -0.0400. The van der Waals surface area contributed by atoms with Crippen LogP contribution in [-0.4, -0.2) is 11.2 Å². The molecule has 0 aromatic rings. The summed E-state index contributed by atoms with van der Waals surface area (Å²) in [6, 6.07) is 0. The van der Waals surface area contributed by atoms with Gasteiger partial charge in [0, 0.05) is 0 Å². The van der Waals surface area contributed by atoms with E-state index in [2.05, 4.69) is 27.7 Å². The van der Waals surface area contributed by atoms with Crippen LogP contribution in [0.3, 0.4) is 0 Å². The first-order valence-corrected chi connectivity index (χ1v) is 7.13. The van der Waals surface area contributed by atoms with Crippen molar-refractivity contribution in [3.05, 3.63) is 0 Å². The number of hydrogen-bond acceptors (Lipinski definition) is 1. The topological polar surface area (TPSA) is 20.2 Å². The van der Waals surface area contributed by atoms with Crippen molar-refractivity contribution in [1.29, 1.82) is 0 Å². The minimum Gasteiger partial charge on any atom is -0.393 e. The molecule has 0 aromatic heterocycles. The summed E-state index contributed by atoms with van der Waals surface area (Å²) in [4.78, 5) is 0. The molecule has 96 valence electrons. The molecule has 0 radical (unpaired) electrons. The summed E-state index contributed by atoms with van der Waals surface area (Å²) in [5.41, 5.74) is 0.449. The first-order chi connectivity index (χ1) is 7.45. The molecule has 1 rings (SSSR count). The minimum atomic E-state index is -0.0382. The Morgan fingerprint density at radius 1 is 1.12 bits per heavy atom. The van der Waals surface area contributed by atoms with Crippen molar-refractivity contribution in [2.75, 3.05) is 0 Å². The number of aliphatic hydroxyl groups is 1. The first kappa shape index (κ1) is 14.0. The van der Waals surface area contributed by atoms with Gasteiger partial charge >= 0.3 is 0 Å². The van der Waals surface area contributed by atoms with Crippen molar-refractivity contribution in [2.45, 2.75) is 78.7 Å². The molecular formula is C15H30O. The van der Waals surface area contributed by atoms with Crippen molar-refractivity contribution in [3.8, 4) is 0 Å². The third-order valence-corrected chi connectivity index (χ3v) is 4.37. The molecule has 0 saturated heterocycles. The monoisotopic (exact) mass is 226 g/mol. The molecule has 1 aliphatic rings. The lowest BCUT2D eigenvalue weighted by Crippen LogP contribution is -2.21. The lowest BCUT2D eigenvalue weighted by atomic mass is 9.76. The van der Waals surface area contributed by atoms with Crippen LogP contribution in [0.1, 0.15) is 72.6 Å². The predicted molar refractivity (Wildman–Crippen MR) is 70.4 cm³/mol.